The van der Waals surface area contributed by atoms with Gasteiger partial charge < -0.3 is 14.8 Å². The molecule has 10 heteroatoms. The SMILES string of the molecule is CCCCN(CCCC)S(=O)(=O)c1ccc2nc(NC(=O)Cc3ccc(OC)c(OC)c3)sc2c1. The summed E-state index contributed by atoms with van der Waals surface area (Å²) in [6, 6.07) is 10.3. The summed E-state index contributed by atoms with van der Waals surface area (Å²) < 4.78 is 39.4. The van der Waals surface area contributed by atoms with Gasteiger partial charge in [-0.2, -0.15) is 4.31 Å². The molecule has 0 spiro atoms. The van der Waals surface area contributed by atoms with Crippen molar-refractivity contribution in [1.29, 1.82) is 0 Å². The Balaban J connectivity index is 1.76. The minimum Gasteiger partial charge on any atom is -0.493 e. The highest BCUT2D eigenvalue weighted by Crippen LogP contribution is 2.30. The molecule has 0 radical (unpaired) electrons. The smallest absolute Gasteiger partial charge is 0.243 e. The van der Waals surface area contributed by atoms with Gasteiger partial charge in [0.25, 0.3) is 0 Å². The van der Waals surface area contributed by atoms with Gasteiger partial charge in [-0.1, -0.05) is 44.1 Å². The molecule has 190 valence electrons. The number of carbonyl (C=O) groups excluding carboxylic acids is 1. The zero-order chi connectivity index (χ0) is 25.4. The number of unbranched alkanes of at least 4 members (excludes halogenated alkanes) is 2. The summed E-state index contributed by atoms with van der Waals surface area (Å²) >= 11 is 1.26. The molecule has 0 aliphatic carbocycles. The van der Waals surface area contributed by atoms with Crippen molar-refractivity contribution in [2.24, 2.45) is 0 Å². The van der Waals surface area contributed by atoms with E-state index in [9.17, 15) is 13.2 Å². The number of hydrogen-bond acceptors (Lipinski definition) is 7. The van der Waals surface area contributed by atoms with E-state index in [0.717, 1.165) is 31.2 Å². The molecule has 1 aromatic heterocycles. The normalized spacial score (nSPS) is 11.7. The molecule has 0 saturated heterocycles. The van der Waals surface area contributed by atoms with E-state index < -0.39 is 10.0 Å². The number of aromatic nitrogens is 1. The molecule has 35 heavy (non-hydrogen) atoms. The second kappa shape index (κ2) is 12.3. The first-order valence-corrected chi connectivity index (χ1v) is 14.0. The highest BCUT2D eigenvalue weighted by atomic mass is 32.2. The van der Waals surface area contributed by atoms with Gasteiger partial charge in [0.05, 0.1) is 35.8 Å². The van der Waals surface area contributed by atoms with Gasteiger partial charge in [-0.25, -0.2) is 13.4 Å². The molecule has 8 nitrogen and oxygen atoms in total. The Morgan fingerprint density at radius 1 is 1.00 bits per heavy atom. The number of nitrogens with one attached hydrogen (secondary N) is 1. The number of hydrogen-bond donors (Lipinski definition) is 1. The zero-order valence-corrected chi connectivity index (χ0v) is 22.3. The number of ether oxygens (including phenoxy) is 2. The Morgan fingerprint density at radius 3 is 2.31 bits per heavy atom. The second-order valence-corrected chi connectivity index (χ2v) is 11.1. The number of thiazole rings is 1. The van der Waals surface area contributed by atoms with E-state index in [-0.39, 0.29) is 17.2 Å². The third kappa shape index (κ3) is 6.71. The number of methoxy groups -OCH3 is 2. The van der Waals surface area contributed by atoms with Crippen molar-refractivity contribution in [3.8, 4) is 11.5 Å². The van der Waals surface area contributed by atoms with Crippen LogP contribution < -0.4 is 14.8 Å². The maximum Gasteiger partial charge on any atom is 0.243 e. The van der Waals surface area contributed by atoms with Crippen LogP contribution in [0.2, 0.25) is 0 Å². The van der Waals surface area contributed by atoms with Gasteiger partial charge >= 0.3 is 0 Å². The zero-order valence-electron chi connectivity index (χ0n) is 20.7. The Kier molecular flexibility index (Phi) is 9.47. The Bertz CT molecular complexity index is 1250. The minimum atomic E-state index is -3.60. The van der Waals surface area contributed by atoms with Crippen molar-refractivity contribution in [3.05, 3.63) is 42.0 Å². The lowest BCUT2D eigenvalue weighted by Gasteiger charge is -2.21. The Labute approximate surface area is 211 Å². The lowest BCUT2D eigenvalue weighted by Crippen LogP contribution is -2.33. The van der Waals surface area contributed by atoms with E-state index in [1.165, 1.54) is 11.3 Å². The van der Waals surface area contributed by atoms with Gasteiger partial charge in [0.1, 0.15) is 0 Å². The van der Waals surface area contributed by atoms with Crippen molar-refractivity contribution in [2.75, 3.05) is 32.6 Å². The van der Waals surface area contributed by atoms with Gasteiger partial charge in [-0.15, -0.1) is 0 Å². The van der Waals surface area contributed by atoms with Crippen LogP contribution in [0.5, 0.6) is 11.5 Å². The first-order valence-electron chi connectivity index (χ1n) is 11.7. The molecule has 1 heterocycles. The molecule has 1 amide bonds. The van der Waals surface area contributed by atoms with Crippen LogP contribution in [0.1, 0.15) is 45.1 Å². The summed E-state index contributed by atoms with van der Waals surface area (Å²) in [5.74, 6) is 0.921. The van der Waals surface area contributed by atoms with Crippen LogP contribution in [0.4, 0.5) is 5.13 Å². The number of fused-ring (bicyclic) bond motifs is 1. The lowest BCUT2D eigenvalue weighted by atomic mass is 10.1. The minimum absolute atomic E-state index is 0.139. The molecular formula is C25H33N3O5S2. The fraction of sp³-hybridized carbons (Fsp3) is 0.440. The van der Waals surface area contributed by atoms with Crippen LogP contribution >= 0.6 is 11.3 Å². The van der Waals surface area contributed by atoms with Crippen molar-refractivity contribution in [3.63, 3.8) is 0 Å². The van der Waals surface area contributed by atoms with Gasteiger partial charge in [0.2, 0.25) is 15.9 Å². The quantitative estimate of drug-likeness (QED) is 0.338. The Morgan fingerprint density at radius 2 is 1.69 bits per heavy atom. The number of sulfonamides is 1. The molecule has 1 N–H and O–H groups in total. The highest BCUT2D eigenvalue weighted by molar-refractivity contribution is 7.89. The monoisotopic (exact) mass is 519 g/mol. The standard InChI is InChI=1S/C25H33N3O5S2/c1-5-7-13-28(14-8-6-2)35(30,31)19-10-11-20-23(17-19)34-25(26-20)27-24(29)16-18-9-12-21(32-3)22(15-18)33-4/h9-12,15,17H,5-8,13-14,16H2,1-4H3,(H,26,27,29). The summed E-state index contributed by atoms with van der Waals surface area (Å²) in [6.45, 7) is 5.12. The van der Waals surface area contributed by atoms with E-state index in [1.807, 2.05) is 0 Å². The molecule has 3 rings (SSSR count). The molecule has 0 bridgehead atoms. The maximum atomic E-state index is 13.3. The molecule has 0 saturated carbocycles. The fourth-order valence-electron chi connectivity index (χ4n) is 3.63. The Hall–Kier alpha value is -2.69. The van der Waals surface area contributed by atoms with E-state index in [4.69, 9.17) is 9.47 Å². The summed E-state index contributed by atoms with van der Waals surface area (Å²) in [7, 11) is -0.498. The van der Waals surface area contributed by atoms with Crippen LogP contribution in [0.25, 0.3) is 10.2 Å². The number of anilines is 1. The third-order valence-corrected chi connectivity index (χ3v) is 8.41. The summed E-state index contributed by atoms with van der Waals surface area (Å²) in [6.07, 6.45) is 3.64. The molecule has 0 aliphatic rings. The number of benzene rings is 2. The average Bonchev–Trinajstić information content (AvgIpc) is 3.25. The van der Waals surface area contributed by atoms with Gasteiger partial charge in [0.15, 0.2) is 16.6 Å². The van der Waals surface area contributed by atoms with Crippen molar-refractivity contribution < 1.29 is 22.7 Å². The molecule has 2 aromatic carbocycles. The predicted molar refractivity (Wildman–Crippen MR) is 140 cm³/mol. The van der Waals surface area contributed by atoms with Gasteiger partial charge in [-0.3, -0.25) is 4.79 Å². The topological polar surface area (TPSA) is 97.8 Å². The van der Waals surface area contributed by atoms with Crippen molar-refractivity contribution in [2.45, 2.75) is 50.8 Å². The van der Waals surface area contributed by atoms with Crippen LogP contribution in [0.3, 0.4) is 0 Å². The molecule has 0 fully saturated rings. The van der Waals surface area contributed by atoms with Crippen LogP contribution in [-0.4, -0.2) is 50.9 Å². The van der Waals surface area contributed by atoms with Gasteiger partial charge in [0, 0.05) is 13.1 Å². The molecule has 0 aliphatic heterocycles. The molecule has 3 aromatic rings. The van der Waals surface area contributed by atoms with E-state index in [0.29, 0.717) is 39.9 Å². The maximum absolute atomic E-state index is 13.3. The van der Waals surface area contributed by atoms with E-state index in [1.54, 1.807) is 54.9 Å². The largest absolute Gasteiger partial charge is 0.493 e. The summed E-state index contributed by atoms with van der Waals surface area (Å²) in [5, 5.41) is 3.24. The molecular weight excluding hydrogens is 486 g/mol. The number of amides is 1. The number of nitrogens with zero attached hydrogens (tertiary/aromatic N) is 2. The van der Waals surface area contributed by atoms with E-state index in [2.05, 4.69) is 24.1 Å². The lowest BCUT2D eigenvalue weighted by molar-refractivity contribution is -0.115. The molecule has 0 unspecified atom stereocenters. The second-order valence-electron chi connectivity index (χ2n) is 8.17. The van der Waals surface area contributed by atoms with E-state index >= 15 is 0 Å². The van der Waals surface area contributed by atoms with Crippen LogP contribution in [0, 0.1) is 0 Å². The van der Waals surface area contributed by atoms with Crippen LogP contribution in [-0.2, 0) is 21.2 Å². The first kappa shape index (κ1) is 26.9. The predicted octanol–water partition coefficient (Wildman–Crippen LogP) is 5.09. The summed E-state index contributed by atoms with van der Waals surface area (Å²) in [5.41, 5.74) is 1.41. The molecule has 0 atom stereocenters. The summed E-state index contributed by atoms with van der Waals surface area (Å²) in [4.78, 5) is 17.3. The van der Waals surface area contributed by atoms with Crippen molar-refractivity contribution >= 4 is 42.6 Å². The third-order valence-electron chi connectivity index (χ3n) is 5.58. The number of carbonyl (C=O) groups is 1. The highest BCUT2D eigenvalue weighted by Gasteiger charge is 2.24. The van der Waals surface area contributed by atoms with Crippen molar-refractivity contribution in [1.82, 2.24) is 9.29 Å². The first-order chi connectivity index (χ1) is 16.8. The number of rotatable bonds is 13. The fourth-order valence-corrected chi connectivity index (χ4v) is 6.17. The van der Waals surface area contributed by atoms with Gasteiger partial charge in [-0.05, 0) is 48.7 Å². The average molecular weight is 520 g/mol. The van der Waals surface area contributed by atoms with Crippen LogP contribution in [0.15, 0.2) is 41.3 Å².